The van der Waals surface area contributed by atoms with Crippen LogP contribution < -0.4 is 15.0 Å². The van der Waals surface area contributed by atoms with Crippen LogP contribution in [0.5, 0.6) is 5.75 Å². The number of carbonyl (C=O) groups excluding carboxylic acids is 2. The topological polar surface area (TPSA) is 58.6 Å². The number of nitrogens with zero attached hydrogens (tertiary/aromatic N) is 1. The Hall–Kier alpha value is -2.34. The van der Waals surface area contributed by atoms with Gasteiger partial charge in [0.15, 0.2) is 0 Å². The fourth-order valence-corrected chi connectivity index (χ4v) is 3.32. The first-order valence-electron chi connectivity index (χ1n) is 8.56. The molecule has 6 heteroatoms. The van der Waals surface area contributed by atoms with Crippen molar-refractivity contribution in [1.82, 2.24) is 0 Å². The zero-order chi connectivity index (χ0) is 18.7. The fraction of sp³-hybridized carbons (Fsp3) is 0.300. The molecule has 2 aromatic carbocycles. The second-order valence-electron chi connectivity index (χ2n) is 6.57. The van der Waals surface area contributed by atoms with Crippen LogP contribution in [-0.2, 0) is 9.59 Å². The highest BCUT2D eigenvalue weighted by atomic mass is 79.9. The number of halogens is 1. The van der Waals surface area contributed by atoms with Crippen molar-refractivity contribution >= 4 is 39.1 Å². The third-order valence-corrected chi connectivity index (χ3v) is 4.60. The molecular formula is C20H21BrN2O3. The molecule has 0 spiro atoms. The number of amides is 2. The molecule has 0 aromatic heterocycles. The van der Waals surface area contributed by atoms with Gasteiger partial charge in [0, 0.05) is 28.8 Å². The molecule has 1 heterocycles. The summed E-state index contributed by atoms with van der Waals surface area (Å²) in [6, 6.07) is 14.8. The summed E-state index contributed by atoms with van der Waals surface area (Å²) in [5.74, 6) is 0.211. The predicted molar refractivity (Wildman–Crippen MR) is 105 cm³/mol. The molecule has 2 aromatic rings. The van der Waals surface area contributed by atoms with E-state index in [9.17, 15) is 9.59 Å². The summed E-state index contributed by atoms with van der Waals surface area (Å²) in [4.78, 5) is 26.5. The summed E-state index contributed by atoms with van der Waals surface area (Å²) < 4.78 is 6.51. The second-order valence-corrected chi connectivity index (χ2v) is 7.48. The number of carbonyl (C=O) groups is 2. The lowest BCUT2D eigenvalue weighted by Gasteiger charge is -2.18. The van der Waals surface area contributed by atoms with Gasteiger partial charge >= 0.3 is 0 Å². The van der Waals surface area contributed by atoms with E-state index in [1.165, 1.54) is 0 Å². The van der Waals surface area contributed by atoms with Gasteiger partial charge in [-0.05, 0) is 56.3 Å². The minimum absolute atomic E-state index is 0.0445. The van der Waals surface area contributed by atoms with Gasteiger partial charge in [-0.3, -0.25) is 9.59 Å². The van der Waals surface area contributed by atoms with Crippen LogP contribution in [0.15, 0.2) is 53.0 Å². The molecule has 1 atom stereocenters. The summed E-state index contributed by atoms with van der Waals surface area (Å²) >= 11 is 3.38. The van der Waals surface area contributed by atoms with Gasteiger partial charge in [0.05, 0.1) is 12.0 Å². The summed E-state index contributed by atoms with van der Waals surface area (Å²) in [5.41, 5.74) is 1.49. The molecule has 1 N–H and O–H groups in total. The lowest BCUT2D eigenvalue weighted by atomic mass is 10.1. The predicted octanol–water partition coefficient (Wildman–Crippen LogP) is 4.23. The highest BCUT2D eigenvalue weighted by Crippen LogP contribution is 2.28. The smallest absolute Gasteiger partial charge is 0.229 e. The van der Waals surface area contributed by atoms with Crippen molar-refractivity contribution in [3.05, 3.63) is 53.0 Å². The number of ether oxygens (including phenoxy) is 1. The molecule has 0 unspecified atom stereocenters. The van der Waals surface area contributed by atoms with Gasteiger partial charge in [-0.2, -0.15) is 0 Å². The first kappa shape index (κ1) is 18.5. The first-order chi connectivity index (χ1) is 12.4. The van der Waals surface area contributed by atoms with E-state index < -0.39 is 0 Å². The normalized spacial score (nSPS) is 16.8. The van der Waals surface area contributed by atoms with E-state index in [1.807, 2.05) is 62.4 Å². The molecule has 26 heavy (non-hydrogen) atoms. The van der Waals surface area contributed by atoms with Crippen LogP contribution in [0.3, 0.4) is 0 Å². The van der Waals surface area contributed by atoms with Crippen molar-refractivity contribution in [1.29, 1.82) is 0 Å². The summed E-state index contributed by atoms with van der Waals surface area (Å²) in [7, 11) is 0. The van der Waals surface area contributed by atoms with Crippen molar-refractivity contribution < 1.29 is 14.3 Å². The van der Waals surface area contributed by atoms with E-state index in [-0.39, 0.29) is 30.3 Å². The van der Waals surface area contributed by atoms with E-state index in [0.29, 0.717) is 12.2 Å². The largest absolute Gasteiger partial charge is 0.491 e. The SMILES string of the molecule is CC(C)Oc1ccc(N2C[C@H](C(=O)Nc3cccc(Br)c3)CC2=O)cc1. The number of nitrogens with one attached hydrogen (secondary N) is 1. The Morgan fingerprint density at radius 1 is 1.23 bits per heavy atom. The molecule has 136 valence electrons. The van der Waals surface area contributed by atoms with Crippen LogP contribution in [0, 0.1) is 5.92 Å². The minimum Gasteiger partial charge on any atom is -0.491 e. The van der Waals surface area contributed by atoms with Gasteiger partial charge in [0.25, 0.3) is 0 Å². The van der Waals surface area contributed by atoms with Crippen LogP contribution in [0.4, 0.5) is 11.4 Å². The molecule has 5 nitrogen and oxygen atoms in total. The van der Waals surface area contributed by atoms with Crippen molar-refractivity contribution in [3.63, 3.8) is 0 Å². The third-order valence-electron chi connectivity index (χ3n) is 4.11. The number of anilines is 2. The van der Waals surface area contributed by atoms with Crippen molar-refractivity contribution in [2.24, 2.45) is 5.92 Å². The van der Waals surface area contributed by atoms with Gasteiger partial charge in [-0.25, -0.2) is 0 Å². The molecular weight excluding hydrogens is 396 g/mol. The van der Waals surface area contributed by atoms with E-state index in [2.05, 4.69) is 21.2 Å². The maximum atomic E-state index is 12.5. The van der Waals surface area contributed by atoms with Crippen LogP contribution in [0.2, 0.25) is 0 Å². The molecule has 1 fully saturated rings. The monoisotopic (exact) mass is 416 g/mol. The lowest BCUT2D eigenvalue weighted by Crippen LogP contribution is -2.28. The third kappa shape index (κ3) is 4.43. The van der Waals surface area contributed by atoms with Gasteiger partial charge < -0.3 is 15.0 Å². The summed E-state index contributed by atoms with van der Waals surface area (Å²) in [6.45, 7) is 4.31. The van der Waals surface area contributed by atoms with Crippen LogP contribution in [0.1, 0.15) is 20.3 Å². The maximum Gasteiger partial charge on any atom is 0.229 e. The Kier molecular flexibility index (Phi) is 5.61. The molecule has 0 bridgehead atoms. The lowest BCUT2D eigenvalue weighted by molar-refractivity contribution is -0.122. The summed E-state index contributed by atoms with van der Waals surface area (Å²) in [5, 5.41) is 2.88. The molecule has 2 amide bonds. The zero-order valence-electron chi connectivity index (χ0n) is 14.7. The molecule has 3 rings (SSSR count). The average Bonchev–Trinajstić information content (AvgIpc) is 2.97. The Morgan fingerprint density at radius 2 is 1.96 bits per heavy atom. The van der Waals surface area contributed by atoms with Crippen LogP contribution >= 0.6 is 15.9 Å². The van der Waals surface area contributed by atoms with Gasteiger partial charge in [0.1, 0.15) is 5.75 Å². The van der Waals surface area contributed by atoms with E-state index in [0.717, 1.165) is 15.9 Å². The van der Waals surface area contributed by atoms with E-state index in [4.69, 9.17) is 4.74 Å². The molecule has 0 radical (unpaired) electrons. The maximum absolute atomic E-state index is 12.5. The molecule has 1 saturated heterocycles. The van der Waals surface area contributed by atoms with Crippen molar-refractivity contribution in [2.75, 3.05) is 16.8 Å². The first-order valence-corrected chi connectivity index (χ1v) is 9.35. The Balaban J connectivity index is 1.65. The van der Waals surface area contributed by atoms with Gasteiger partial charge in [0.2, 0.25) is 11.8 Å². The Morgan fingerprint density at radius 3 is 2.62 bits per heavy atom. The van der Waals surface area contributed by atoms with Crippen molar-refractivity contribution in [2.45, 2.75) is 26.4 Å². The number of benzene rings is 2. The number of hydrogen-bond donors (Lipinski definition) is 1. The highest BCUT2D eigenvalue weighted by molar-refractivity contribution is 9.10. The second kappa shape index (κ2) is 7.91. The molecule has 1 aliphatic heterocycles. The van der Waals surface area contributed by atoms with Crippen LogP contribution in [0.25, 0.3) is 0 Å². The fourth-order valence-electron chi connectivity index (χ4n) is 2.92. The Labute approximate surface area is 161 Å². The minimum atomic E-state index is -0.368. The zero-order valence-corrected chi connectivity index (χ0v) is 16.3. The Bertz CT molecular complexity index is 805. The van der Waals surface area contributed by atoms with Crippen LogP contribution in [-0.4, -0.2) is 24.5 Å². The van der Waals surface area contributed by atoms with E-state index >= 15 is 0 Å². The molecule has 1 aliphatic rings. The standard InChI is InChI=1S/C20H21BrN2O3/c1-13(2)26-18-8-6-17(7-9-18)23-12-14(10-19(23)24)20(25)22-16-5-3-4-15(21)11-16/h3-9,11,13-14H,10,12H2,1-2H3,(H,22,25)/t14-/m1/s1. The average molecular weight is 417 g/mol. The summed E-state index contributed by atoms with van der Waals surface area (Å²) in [6.07, 6.45) is 0.310. The number of hydrogen-bond acceptors (Lipinski definition) is 3. The molecule has 0 aliphatic carbocycles. The highest BCUT2D eigenvalue weighted by Gasteiger charge is 2.35. The quantitative estimate of drug-likeness (QED) is 0.793. The van der Waals surface area contributed by atoms with E-state index in [1.54, 1.807) is 4.90 Å². The van der Waals surface area contributed by atoms with Gasteiger partial charge in [-0.1, -0.05) is 22.0 Å². The van der Waals surface area contributed by atoms with Gasteiger partial charge in [-0.15, -0.1) is 0 Å². The van der Waals surface area contributed by atoms with Crippen molar-refractivity contribution in [3.8, 4) is 5.75 Å². The molecule has 0 saturated carbocycles. The number of rotatable bonds is 5.